The van der Waals surface area contributed by atoms with E-state index in [4.69, 9.17) is 0 Å². The van der Waals surface area contributed by atoms with Crippen LogP contribution < -0.4 is 20.8 Å². The summed E-state index contributed by atoms with van der Waals surface area (Å²) in [6, 6.07) is 1.72. The third-order valence-corrected chi connectivity index (χ3v) is 5.06. The van der Waals surface area contributed by atoms with Crippen molar-refractivity contribution in [3.05, 3.63) is 29.6 Å². The minimum atomic E-state index is -5.01. The molecular weight excluding hydrogens is 401 g/mol. The lowest BCUT2D eigenvalue weighted by molar-refractivity contribution is -0.275. The summed E-state index contributed by atoms with van der Waals surface area (Å²) in [6.07, 6.45) is -6.12. The van der Waals surface area contributed by atoms with Gasteiger partial charge in [-0.15, -0.1) is 13.2 Å². The predicted molar refractivity (Wildman–Crippen MR) is 92.3 cm³/mol. The van der Waals surface area contributed by atoms with Crippen molar-refractivity contribution >= 4 is 5.91 Å². The van der Waals surface area contributed by atoms with Crippen LogP contribution in [0.25, 0.3) is 0 Å². The lowest BCUT2D eigenvalue weighted by Gasteiger charge is -2.41. The molecule has 5 atom stereocenters. The Morgan fingerprint density at radius 2 is 2.00 bits per heavy atom. The summed E-state index contributed by atoms with van der Waals surface area (Å²) in [4.78, 5) is 14.2. The first-order valence-corrected chi connectivity index (χ1v) is 8.90. The van der Waals surface area contributed by atoms with Gasteiger partial charge >= 0.3 is 6.36 Å². The Kier molecular flexibility index (Phi) is 5.99. The van der Waals surface area contributed by atoms with Crippen LogP contribution in [0.2, 0.25) is 0 Å². The van der Waals surface area contributed by atoms with Gasteiger partial charge in [-0.1, -0.05) is 6.07 Å². The fourth-order valence-electron chi connectivity index (χ4n) is 3.60. The van der Waals surface area contributed by atoms with Crippen LogP contribution in [-0.2, 0) is 4.79 Å². The zero-order valence-electron chi connectivity index (χ0n) is 15.9. The predicted octanol–water partition coefficient (Wildman–Crippen LogP) is 1.45. The van der Waals surface area contributed by atoms with Crippen LogP contribution in [0.3, 0.4) is 0 Å². The summed E-state index contributed by atoms with van der Waals surface area (Å²) in [5.41, 5.74) is 3.26. The Balaban J connectivity index is 1.85. The Morgan fingerprint density at radius 3 is 2.55 bits per heavy atom. The first-order valence-electron chi connectivity index (χ1n) is 8.90. The van der Waals surface area contributed by atoms with Crippen molar-refractivity contribution in [2.24, 2.45) is 5.92 Å². The third kappa shape index (κ3) is 4.44. The maximum atomic E-state index is 14.1. The highest BCUT2D eigenvalue weighted by molar-refractivity contribution is 5.81. The molecule has 0 radical (unpaired) electrons. The molecule has 3 N–H and O–H groups in total. The zero-order chi connectivity index (χ0) is 21.5. The van der Waals surface area contributed by atoms with Gasteiger partial charge in [-0.2, -0.15) is 0 Å². The van der Waals surface area contributed by atoms with Gasteiger partial charge in [0.15, 0.2) is 11.6 Å². The summed E-state index contributed by atoms with van der Waals surface area (Å²) in [7, 11) is 3.49. The van der Waals surface area contributed by atoms with Crippen LogP contribution in [0, 0.1) is 11.7 Å². The molecule has 2 aliphatic heterocycles. The maximum absolute atomic E-state index is 14.1. The minimum absolute atomic E-state index is 0.331. The molecule has 0 bridgehead atoms. The average molecular weight is 423 g/mol. The molecule has 2 aliphatic rings. The first kappa shape index (κ1) is 21.7. The van der Waals surface area contributed by atoms with E-state index in [9.17, 15) is 26.7 Å². The van der Waals surface area contributed by atoms with E-state index in [1.54, 1.807) is 30.9 Å². The van der Waals surface area contributed by atoms with Crippen molar-refractivity contribution in [3.63, 3.8) is 0 Å². The van der Waals surface area contributed by atoms with Crippen molar-refractivity contribution in [2.75, 3.05) is 20.8 Å². The van der Waals surface area contributed by atoms with Crippen molar-refractivity contribution < 1.29 is 31.5 Å². The number of alkyl halides is 4. The molecule has 1 aromatic carbocycles. The molecule has 3 rings (SSSR count). The van der Waals surface area contributed by atoms with E-state index >= 15 is 0 Å². The minimum Gasteiger partial charge on any atom is -0.403 e. The van der Waals surface area contributed by atoms with Gasteiger partial charge in [0.05, 0.1) is 18.1 Å². The molecule has 12 heteroatoms. The molecule has 0 aliphatic carbocycles. The molecule has 0 aromatic heterocycles. The number of carbonyl (C=O) groups excluding carboxylic acids is 1. The van der Waals surface area contributed by atoms with Crippen LogP contribution in [0.15, 0.2) is 18.2 Å². The third-order valence-electron chi connectivity index (χ3n) is 5.06. The molecule has 2 saturated heterocycles. The van der Waals surface area contributed by atoms with Crippen LogP contribution in [-0.4, -0.2) is 61.4 Å². The van der Waals surface area contributed by atoms with E-state index in [1.165, 1.54) is 6.07 Å². The number of carbonyl (C=O) groups is 1. The van der Waals surface area contributed by atoms with Crippen molar-refractivity contribution in [3.8, 4) is 5.75 Å². The fourth-order valence-corrected chi connectivity index (χ4v) is 3.60. The van der Waals surface area contributed by atoms with Gasteiger partial charge in [-0.25, -0.2) is 19.2 Å². The Morgan fingerprint density at radius 1 is 1.31 bits per heavy atom. The summed E-state index contributed by atoms with van der Waals surface area (Å²) in [6.45, 7) is 0.863. The van der Waals surface area contributed by atoms with Crippen LogP contribution in [0.4, 0.5) is 22.0 Å². The van der Waals surface area contributed by atoms with E-state index in [0.717, 1.165) is 12.1 Å². The molecule has 2 heterocycles. The van der Waals surface area contributed by atoms with Gasteiger partial charge in [0, 0.05) is 6.04 Å². The number of amides is 1. The molecule has 5 unspecified atom stereocenters. The molecule has 0 saturated carbocycles. The molecule has 1 amide bonds. The average Bonchev–Trinajstić information content (AvgIpc) is 3.01. The SMILES string of the molecule is CC(c1ccc(OC(F)(F)F)c(F)c1)N1NC(CF)C2C(=O)NC(N(C)C)NC21. The summed E-state index contributed by atoms with van der Waals surface area (Å²) in [5.74, 6) is -3.19. The van der Waals surface area contributed by atoms with E-state index in [0.29, 0.717) is 5.56 Å². The van der Waals surface area contributed by atoms with Gasteiger partial charge in [0.2, 0.25) is 5.91 Å². The zero-order valence-corrected chi connectivity index (χ0v) is 15.9. The van der Waals surface area contributed by atoms with Crippen LogP contribution in [0.1, 0.15) is 18.5 Å². The number of halogens is 5. The highest BCUT2D eigenvalue weighted by atomic mass is 19.4. The number of hydrazine groups is 1. The van der Waals surface area contributed by atoms with E-state index in [1.807, 2.05) is 0 Å². The van der Waals surface area contributed by atoms with E-state index in [-0.39, 0.29) is 5.91 Å². The van der Waals surface area contributed by atoms with E-state index < -0.39 is 55.1 Å². The normalized spacial score (nSPS) is 28.9. The van der Waals surface area contributed by atoms with Gasteiger partial charge in [0.25, 0.3) is 0 Å². The topological polar surface area (TPSA) is 68.9 Å². The molecule has 1 aromatic rings. The second-order valence-electron chi connectivity index (χ2n) is 7.22. The number of ether oxygens (including phenoxy) is 1. The Bertz CT molecular complexity index is 762. The Labute approximate surface area is 164 Å². The van der Waals surface area contributed by atoms with Gasteiger partial charge in [-0.05, 0) is 38.7 Å². The molecule has 2 fully saturated rings. The number of rotatable bonds is 5. The number of fused-ring (bicyclic) bond motifs is 1. The number of hydrogen-bond acceptors (Lipinski definition) is 6. The summed E-state index contributed by atoms with van der Waals surface area (Å²) < 4.78 is 68.3. The monoisotopic (exact) mass is 423 g/mol. The highest BCUT2D eigenvalue weighted by Crippen LogP contribution is 2.34. The first-order chi connectivity index (χ1) is 13.5. The van der Waals surface area contributed by atoms with Crippen molar-refractivity contribution in [2.45, 2.75) is 37.8 Å². The quantitative estimate of drug-likeness (QED) is 0.623. The molecule has 29 heavy (non-hydrogen) atoms. The number of nitrogens with one attached hydrogen (secondary N) is 3. The number of benzene rings is 1. The smallest absolute Gasteiger partial charge is 0.403 e. The molecule has 162 valence electrons. The lowest BCUT2D eigenvalue weighted by atomic mass is 9.96. The van der Waals surface area contributed by atoms with Crippen LogP contribution >= 0.6 is 0 Å². The van der Waals surface area contributed by atoms with Crippen molar-refractivity contribution in [1.29, 1.82) is 0 Å². The van der Waals surface area contributed by atoms with Crippen molar-refractivity contribution in [1.82, 2.24) is 26.0 Å². The van der Waals surface area contributed by atoms with Gasteiger partial charge in [-0.3, -0.25) is 15.0 Å². The number of hydrogen-bond donors (Lipinski definition) is 3. The highest BCUT2D eigenvalue weighted by Gasteiger charge is 2.51. The molecule has 7 nitrogen and oxygen atoms in total. The van der Waals surface area contributed by atoms with Crippen LogP contribution in [0.5, 0.6) is 5.75 Å². The Hall–Kier alpha value is -2.02. The fraction of sp³-hybridized carbons (Fsp3) is 0.588. The standard InChI is InChI=1S/C17H22F5N5O2/c1-8(9-4-5-12(10(19)6-9)29-17(20,21)22)27-14-13(11(7-18)25-27)15(28)24-16(23-14)26(2)3/h4-6,8,11,13-14,16,23,25H,7H2,1-3H3,(H,24,28). The summed E-state index contributed by atoms with van der Waals surface area (Å²) >= 11 is 0. The molecular formula is C17H22F5N5O2. The lowest BCUT2D eigenvalue weighted by Crippen LogP contribution is -2.68. The second kappa shape index (κ2) is 8.01. The maximum Gasteiger partial charge on any atom is 0.573 e. The van der Waals surface area contributed by atoms with Gasteiger partial charge in [0.1, 0.15) is 13.0 Å². The largest absolute Gasteiger partial charge is 0.573 e. The number of nitrogens with zero attached hydrogens (tertiary/aromatic N) is 2. The molecule has 0 spiro atoms. The van der Waals surface area contributed by atoms with E-state index in [2.05, 4.69) is 20.8 Å². The van der Waals surface area contributed by atoms with Gasteiger partial charge < -0.3 is 10.1 Å². The second-order valence-corrected chi connectivity index (χ2v) is 7.22. The summed E-state index contributed by atoms with van der Waals surface area (Å²) in [5, 5.41) is 7.53.